The van der Waals surface area contributed by atoms with Crippen LogP contribution in [0.4, 0.5) is 4.39 Å². The monoisotopic (exact) mass is 239 g/mol. The number of rotatable bonds is 6. The Morgan fingerprint density at radius 3 is 2.59 bits per heavy atom. The van der Waals surface area contributed by atoms with Crippen LogP contribution in [0.3, 0.4) is 0 Å². The lowest BCUT2D eigenvalue weighted by Gasteiger charge is -2.26. The Kier molecular flexibility index (Phi) is 4.94. The largest absolute Gasteiger partial charge is 0.494 e. The molecule has 0 aliphatic rings. The van der Waals surface area contributed by atoms with Gasteiger partial charge in [0.1, 0.15) is 0 Å². The van der Waals surface area contributed by atoms with Crippen LogP contribution in [-0.2, 0) is 6.54 Å². The minimum atomic E-state index is -0.305. The summed E-state index contributed by atoms with van der Waals surface area (Å²) in [6.45, 7) is 7.16. The first kappa shape index (κ1) is 14.0. The van der Waals surface area contributed by atoms with Gasteiger partial charge in [0.25, 0.3) is 0 Å². The summed E-state index contributed by atoms with van der Waals surface area (Å²) < 4.78 is 18.4. The molecule has 0 aliphatic heterocycles. The van der Waals surface area contributed by atoms with E-state index in [0.717, 1.165) is 18.4 Å². The van der Waals surface area contributed by atoms with Crippen molar-refractivity contribution in [2.24, 2.45) is 0 Å². The van der Waals surface area contributed by atoms with Gasteiger partial charge in [0.15, 0.2) is 11.6 Å². The molecule has 0 atom stereocenters. The molecule has 2 nitrogen and oxygen atoms in total. The van der Waals surface area contributed by atoms with Gasteiger partial charge in [-0.15, -0.1) is 0 Å². The Labute approximate surface area is 103 Å². The van der Waals surface area contributed by atoms with Crippen molar-refractivity contribution in [2.75, 3.05) is 7.11 Å². The maximum atomic E-state index is 13.5. The Morgan fingerprint density at radius 2 is 2.06 bits per heavy atom. The van der Waals surface area contributed by atoms with Crippen molar-refractivity contribution < 1.29 is 9.13 Å². The third kappa shape index (κ3) is 4.35. The van der Waals surface area contributed by atoms with Crippen molar-refractivity contribution in [3.05, 3.63) is 29.6 Å². The molecule has 0 fully saturated rings. The van der Waals surface area contributed by atoms with Crippen LogP contribution in [0.2, 0.25) is 0 Å². The van der Waals surface area contributed by atoms with Gasteiger partial charge in [-0.3, -0.25) is 0 Å². The van der Waals surface area contributed by atoms with Crippen LogP contribution in [0.1, 0.15) is 39.2 Å². The fourth-order valence-electron chi connectivity index (χ4n) is 1.87. The standard InChI is InChI=1S/C14H22FNO/c1-5-8-14(2,3)16-10-11-6-7-13(17-4)12(15)9-11/h6-7,9,16H,5,8,10H2,1-4H3. The molecule has 0 saturated carbocycles. The second-order valence-corrected chi connectivity index (χ2v) is 4.96. The molecule has 0 aromatic heterocycles. The van der Waals surface area contributed by atoms with Crippen LogP contribution in [0, 0.1) is 5.82 Å². The van der Waals surface area contributed by atoms with E-state index in [9.17, 15) is 4.39 Å². The summed E-state index contributed by atoms with van der Waals surface area (Å²) in [4.78, 5) is 0. The molecular weight excluding hydrogens is 217 g/mol. The van der Waals surface area contributed by atoms with Gasteiger partial charge < -0.3 is 10.1 Å². The molecule has 1 N–H and O–H groups in total. The third-order valence-electron chi connectivity index (χ3n) is 2.86. The van der Waals surface area contributed by atoms with E-state index in [2.05, 4.69) is 26.1 Å². The first-order chi connectivity index (χ1) is 7.98. The van der Waals surface area contributed by atoms with Gasteiger partial charge in [0.2, 0.25) is 0 Å². The number of nitrogens with one attached hydrogen (secondary N) is 1. The Morgan fingerprint density at radius 1 is 1.35 bits per heavy atom. The lowest BCUT2D eigenvalue weighted by atomic mass is 9.98. The van der Waals surface area contributed by atoms with Crippen molar-refractivity contribution in [3.63, 3.8) is 0 Å². The molecule has 1 rings (SSSR count). The average Bonchev–Trinajstić information content (AvgIpc) is 2.27. The van der Waals surface area contributed by atoms with E-state index < -0.39 is 0 Å². The fourth-order valence-corrected chi connectivity index (χ4v) is 1.87. The zero-order valence-electron chi connectivity index (χ0n) is 11.1. The van der Waals surface area contributed by atoms with Gasteiger partial charge in [-0.25, -0.2) is 4.39 Å². The summed E-state index contributed by atoms with van der Waals surface area (Å²) >= 11 is 0. The number of benzene rings is 1. The third-order valence-corrected chi connectivity index (χ3v) is 2.86. The Bertz CT molecular complexity index is 363. The van der Waals surface area contributed by atoms with Crippen LogP contribution in [0.5, 0.6) is 5.75 Å². The molecule has 0 radical (unpaired) electrons. The molecule has 96 valence electrons. The summed E-state index contributed by atoms with van der Waals surface area (Å²) in [6, 6.07) is 5.07. The first-order valence-corrected chi connectivity index (χ1v) is 6.06. The van der Waals surface area contributed by atoms with Gasteiger partial charge in [0, 0.05) is 12.1 Å². The Balaban J connectivity index is 2.61. The lowest BCUT2D eigenvalue weighted by Crippen LogP contribution is -2.38. The second-order valence-electron chi connectivity index (χ2n) is 4.96. The normalized spacial score (nSPS) is 11.6. The van der Waals surface area contributed by atoms with Crippen LogP contribution in [0.15, 0.2) is 18.2 Å². The SMILES string of the molecule is CCCC(C)(C)NCc1ccc(OC)c(F)c1. The van der Waals surface area contributed by atoms with Crippen LogP contribution in [0.25, 0.3) is 0 Å². The molecule has 0 unspecified atom stereocenters. The van der Waals surface area contributed by atoms with Crippen molar-refractivity contribution in [1.82, 2.24) is 5.32 Å². The zero-order chi connectivity index (χ0) is 12.9. The van der Waals surface area contributed by atoms with E-state index in [0.29, 0.717) is 12.3 Å². The molecule has 0 amide bonds. The van der Waals surface area contributed by atoms with E-state index in [1.807, 2.05) is 6.07 Å². The molecule has 0 bridgehead atoms. The van der Waals surface area contributed by atoms with Gasteiger partial charge in [-0.1, -0.05) is 19.4 Å². The van der Waals surface area contributed by atoms with E-state index in [4.69, 9.17) is 4.74 Å². The highest BCUT2D eigenvalue weighted by atomic mass is 19.1. The van der Waals surface area contributed by atoms with Crippen molar-refractivity contribution in [1.29, 1.82) is 0 Å². The molecule has 17 heavy (non-hydrogen) atoms. The van der Waals surface area contributed by atoms with Gasteiger partial charge >= 0.3 is 0 Å². The summed E-state index contributed by atoms with van der Waals surface area (Å²) in [5, 5.41) is 3.43. The van der Waals surface area contributed by atoms with Crippen LogP contribution < -0.4 is 10.1 Å². The van der Waals surface area contributed by atoms with Crippen molar-refractivity contribution in [3.8, 4) is 5.75 Å². The fraction of sp³-hybridized carbons (Fsp3) is 0.571. The molecular formula is C14H22FNO. The number of methoxy groups -OCH3 is 1. The maximum Gasteiger partial charge on any atom is 0.165 e. The quantitative estimate of drug-likeness (QED) is 0.820. The van der Waals surface area contributed by atoms with Crippen LogP contribution in [-0.4, -0.2) is 12.6 Å². The zero-order valence-corrected chi connectivity index (χ0v) is 11.1. The topological polar surface area (TPSA) is 21.3 Å². The highest BCUT2D eigenvalue weighted by Gasteiger charge is 2.15. The molecule has 0 saturated heterocycles. The van der Waals surface area contributed by atoms with Crippen molar-refractivity contribution >= 4 is 0 Å². The molecule has 0 aliphatic carbocycles. The summed E-state index contributed by atoms with van der Waals surface area (Å²) in [7, 11) is 1.47. The van der Waals surface area contributed by atoms with E-state index in [1.165, 1.54) is 13.2 Å². The molecule has 0 spiro atoms. The number of hydrogen-bond acceptors (Lipinski definition) is 2. The van der Waals surface area contributed by atoms with Crippen LogP contribution >= 0.6 is 0 Å². The highest BCUT2D eigenvalue weighted by molar-refractivity contribution is 5.29. The lowest BCUT2D eigenvalue weighted by molar-refractivity contribution is 0.355. The first-order valence-electron chi connectivity index (χ1n) is 6.06. The molecule has 3 heteroatoms. The van der Waals surface area contributed by atoms with Gasteiger partial charge in [-0.2, -0.15) is 0 Å². The highest BCUT2D eigenvalue weighted by Crippen LogP contribution is 2.18. The number of hydrogen-bond donors (Lipinski definition) is 1. The Hall–Kier alpha value is -1.09. The minimum absolute atomic E-state index is 0.0884. The minimum Gasteiger partial charge on any atom is -0.494 e. The van der Waals surface area contributed by atoms with E-state index in [-0.39, 0.29) is 11.4 Å². The van der Waals surface area contributed by atoms with Crippen molar-refractivity contribution in [2.45, 2.75) is 45.7 Å². The van der Waals surface area contributed by atoms with Gasteiger partial charge in [0.05, 0.1) is 7.11 Å². The van der Waals surface area contributed by atoms with E-state index >= 15 is 0 Å². The number of halogens is 1. The molecule has 1 aromatic rings. The number of ether oxygens (including phenoxy) is 1. The smallest absolute Gasteiger partial charge is 0.165 e. The summed E-state index contributed by atoms with van der Waals surface area (Å²) in [5.74, 6) is -0.0123. The molecule has 1 aromatic carbocycles. The predicted molar refractivity (Wildman–Crippen MR) is 68.8 cm³/mol. The maximum absolute atomic E-state index is 13.5. The average molecular weight is 239 g/mol. The molecule has 0 heterocycles. The van der Waals surface area contributed by atoms with Gasteiger partial charge in [-0.05, 0) is 38.0 Å². The second kappa shape index (κ2) is 6.01. The summed E-state index contributed by atoms with van der Waals surface area (Å²) in [6.07, 6.45) is 2.24. The van der Waals surface area contributed by atoms with E-state index in [1.54, 1.807) is 6.07 Å². The predicted octanol–water partition coefficient (Wildman–Crippen LogP) is 3.50. The summed E-state index contributed by atoms with van der Waals surface area (Å²) in [5.41, 5.74) is 1.03.